The Bertz CT molecular complexity index is 663. The van der Waals surface area contributed by atoms with Crippen molar-refractivity contribution >= 4 is 5.91 Å². The fourth-order valence-corrected chi connectivity index (χ4v) is 3.18. The molecule has 25 heavy (non-hydrogen) atoms. The highest BCUT2D eigenvalue weighted by molar-refractivity contribution is 5.94. The molecule has 0 spiro atoms. The molecule has 5 nitrogen and oxygen atoms in total. The van der Waals surface area contributed by atoms with Crippen molar-refractivity contribution in [3.8, 4) is 5.75 Å². The van der Waals surface area contributed by atoms with E-state index in [0.717, 1.165) is 31.0 Å². The van der Waals surface area contributed by atoms with E-state index < -0.39 is 0 Å². The van der Waals surface area contributed by atoms with E-state index in [4.69, 9.17) is 9.15 Å². The van der Waals surface area contributed by atoms with E-state index in [2.05, 4.69) is 17.1 Å². The molecule has 2 aromatic rings. The summed E-state index contributed by atoms with van der Waals surface area (Å²) in [4.78, 5) is 14.9. The molecule has 1 amide bonds. The minimum Gasteiger partial charge on any atom is -0.494 e. The van der Waals surface area contributed by atoms with Crippen LogP contribution in [0.25, 0.3) is 0 Å². The van der Waals surface area contributed by atoms with Gasteiger partial charge >= 0.3 is 0 Å². The number of hydrogen-bond acceptors (Lipinski definition) is 4. The predicted octanol–water partition coefficient (Wildman–Crippen LogP) is 3.64. The van der Waals surface area contributed by atoms with Crippen LogP contribution >= 0.6 is 0 Å². The van der Waals surface area contributed by atoms with Crippen molar-refractivity contribution in [3.63, 3.8) is 0 Å². The number of nitrogens with zero attached hydrogens (tertiary/aromatic N) is 1. The molecule has 0 bridgehead atoms. The fraction of sp³-hybridized carbons (Fsp3) is 0.450. The van der Waals surface area contributed by atoms with Crippen LogP contribution in [0.4, 0.5) is 0 Å². The van der Waals surface area contributed by atoms with Crippen LogP contribution in [0.3, 0.4) is 0 Å². The Morgan fingerprint density at radius 3 is 2.84 bits per heavy atom. The summed E-state index contributed by atoms with van der Waals surface area (Å²) in [5, 5.41) is 3.05. The summed E-state index contributed by atoms with van der Waals surface area (Å²) in [6.07, 6.45) is 5.02. The van der Waals surface area contributed by atoms with Crippen LogP contribution < -0.4 is 10.1 Å². The number of benzene rings is 1. The zero-order chi connectivity index (χ0) is 17.5. The van der Waals surface area contributed by atoms with Gasteiger partial charge in [0, 0.05) is 12.1 Å². The summed E-state index contributed by atoms with van der Waals surface area (Å²) in [6.45, 7) is 5.33. The third-order valence-corrected chi connectivity index (χ3v) is 4.48. The zero-order valence-corrected chi connectivity index (χ0v) is 14.7. The van der Waals surface area contributed by atoms with Gasteiger partial charge in [-0.1, -0.05) is 13.0 Å². The van der Waals surface area contributed by atoms with Gasteiger partial charge in [0.05, 0.1) is 18.9 Å². The standard InChI is InChI=1S/C20H26N2O3/c1-2-12-24-17-8-5-7-16(14-17)20(23)21-15-18(19-9-6-13-25-19)22-10-3-4-11-22/h5-9,13-14,18H,2-4,10-12,15H2,1H3,(H,21,23). The topological polar surface area (TPSA) is 54.7 Å². The highest BCUT2D eigenvalue weighted by Gasteiger charge is 2.26. The first-order valence-corrected chi connectivity index (χ1v) is 9.06. The number of ether oxygens (including phenoxy) is 1. The maximum absolute atomic E-state index is 12.5. The molecule has 1 fully saturated rings. The van der Waals surface area contributed by atoms with Gasteiger partial charge in [-0.05, 0) is 62.7 Å². The van der Waals surface area contributed by atoms with E-state index in [-0.39, 0.29) is 11.9 Å². The highest BCUT2D eigenvalue weighted by atomic mass is 16.5. The predicted molar refractivity (Wildman–Crippen MR) is 96.8 cm³/mol. The number of carbonyl (C=O) groups is 1. The van der Waals surface area contributed by atoms with Crippen LogP contribution in [0, 0.1) is 0 Å². The van der Waals surface area contributed by atoms with Crippen molar-refractivity contribution in [1.29, 1.82) is 0 Å². The van der Waals surface area contributed by atoms with Crippen LogP contribution in [0.1, 0.15) is 48.3 Å². The summed E-state index contributed by atoms with van der Waals surface area (Å²) >= 11 is 0. The van der Waals surface area contributed by atoms with Crippen LogP contribution in [-0.4, -0.2) is 37.0 Å². The first kappa shape index (κ1) is 17.5. The van der Waals surface area contributed by atoms with Gasteiger partial charge in [0.1, 0.15) is 11.5 Å². The first-order chi connectivity index (χ1) is 12.3. The third kappa shape index (κ3) is 4.63. The van der Waals surface area contributed by atoms with Gasteiger partial charge in [-0.2, -0.15) is 0 Å². The number of amides is 1. The van der Waals surface area contributed by atoms with E-state index in [9.17, 15) is 4.79 Å². The average Bonchev–Trinajstić information content (AvgIpc) is 3.34. The largest absolute Gasteiger partial charge is 0.494 e. The minimum atomic E-state index is -0.0855. The van der Waals surface area contributed by atoms with Gasteiger partial charge in [0.25, 0.3) is 5.91 Å². The van der Waals surface area contributed by atoms with Crippen LogP contribution in [0.2, 0.25) is 0 Å². The van der Waals surface area contributed by atoms with Crippen molar-refractivity contribution < 1.29 is 13.9 Å². The van der Waals surface area contributed by atoms with Crippen molar-refractivity contribution in [2.45, 2.75) is 32.2 Å². The molecular weight excluding hydrogens is 316 g/mol. The number of nitrogens with one attached hydrogen (secondary N) is 1. The Morgan fingerprint density at radius 2 is 2.12 bits per heavy atom. The molecule has 1 atom stereocenters. The fourth-order valence-electron chi connectivity index (χ4n) is 3.18. The number of hydrogen-bond donors (Lipinski definition) is 1. The Kier molecular flexibility index (Phi) is 6.12. The molecule has 0 saturated carbocycles. The lowest BCUT2D eigenvalue weighted by atomic mass is 10.1. The molecule has 1 aliphatic rings. The lowest BCUT2D eigenvalue weighted by Gasteiger charge is -2.26. The second-order valence-corrected chi connectivity index (χ2v) is 6.36. The second kappa shape index (κ2) is 8.72. The van der Waals surface area contributed by atoms with E-state index in [1.165, 1.54) is 12.8 Å². The van der Waals surface area contributed by atoms with Crippen LogP contribution in [0.5, 0.6) is 5.75 Å². The van der Waals surface area contributed by atoms with Gasteiger partial charge in [0.15, 0.2) is 0 Å². The number of furan rings is 1. The van der Waals surface area contributed by atoms with Gasteiger partial charge < -0.3 is 14.5 Å². The van der Waals surface area contributed by atoms with Crippen molar-refractivity contribution in [2.75, 3.05) is 26.2 Å². The molecule has 2 heterocycles. The van der Waals surface area contributed by atoms with Crippen molar-refractivity contribution in [1.82, 2.24) is 10.2 Å². The zero-order valence-electron chi connectivity index (χ0n) is 14.7. The maximum Gasteiger partial charge on any atom is 0.251 e. The lowest BCUT2D eigenvalue weighted by molar-refractivity contribution is 0.0933. The molecule has 0 radical (unpaired) electrons. The Labute approximate surface area is 149 Å². The summed E-state index contributed by atoms with van der Waals surface area (Å²) in [5.74, 6) is 1.55. The average molecular weight is 342 g/mol. The molecule has 134 valence electrons. The van der Waals surface area contributed by atoms with Crippen molar-refractivity contribution in [2.24, 2.45) is 0 Å². The highest BCUT2D eigenvalue weighted by Crippen LogP contribution is 2.25. The van der Waals surface area contributed by atoms with E-state index in [1.54, 1.807) is 12.3 Å². The molecule has 1 N–H and O–H groups in total. The van der Waals surface area contributed by atoms with Gasteiger partial charge in [-0.25, -0.2) is 0 Å². The quantitative estimate of drug-likeness (QED) is 0.796. The molecule has 3 rings (SSSR count). The van der Waals surface area contributed by atoms with Gasteiger partial charge in [0.2, 0.25) is 0 Å². The second-order valence-electron chi connectivity index (χ2n) is 6.36. The number of likely N-dealkylation sites (tertiary alicyclic amines) is 1. The molecule has 1 aromatic carbocycles. The SMILES string of the molecule is CCCOc1cccc(C(=O)NCC(c2ccco2)N2CCCC2)c1. The van der Waals surface area contributed by atoms with Crippen molar-refractivity contribution in [3.05, 3.63) is 54.0 Å². The number of rotatable bonds is 8. The lowest BCUT2D eigenvalue weighted by Crippen LogP contribution is -2.36. The smallest absolute Gasteiger partial charge is 0.251 e. The molecule has 5 heteroatoms. The van der Waals surface area contributed by atoms with Gasteiger partial charge in [-0.3, -0.25) is 9.69 Å². The normalized spacial score (nSPS) is 15.9. The Hall–Kier alpha value is -2.27. The summed E-state index contributed by atoms with van der Waals surface area (Å²) in [6, 6.07) is 11.3. The minimum absolute atomic E-state index is 0.0842. The van der Waals surface area contributed by atoms with E-state index in [0.29, 0.717) is 18.7 Å². The van der Waals surface area contributed by atoms with Crippen LogP contribution in [-0.2, 0) is 0 Å². The summed E-state index contributed by atoms with van der Waals surface area (Å²) in [7, 11) is 0. The van der Waals surface area contributed by atoms with Gasteiger partial charge in [-0.15, -0.1) is 0 Å². The molecule has 1 unspecified atom stereocenters. The molecular formula is C20H26N2O3. The third-order valence-electron chi connectivity index (χ3n) is 4.48. The van der Waals surface area contributed by atoms with Crippen LogP contribution in [0.15, 0.2) is 47.1 Å². The van der Waals surface area contributed by atoms with E-state index >= 15 is 0 Å². The first-order valence-electron chi connectivity index (χ1n) is 9.06. The van der Waals surface area contributed by atoms with E-state index in [1.807, 2.05) is 30.3 Å². The number of carbonyl (C=O) groups excluding carboxylic acids is 1. The molecule has 1 aromatic heterocycles. The molecule has 1 aliphatic heterocycles. The Morgan fingerprint density at radius 1 is 1.28 bits per heavy atom. The molecule has 0 aliphatic carbocycles. The Balaban J connectivity index is 1.63. The monoisotopic (exact) mass is 342 g/mol. The summed E-state index contributed by atoms with van der Waals surface area (Å²) in [5.41, 5.74) is 0.619. The maximum atomic E-state index is 12.5. The summed E-state index contributed by atoms with van der Waals surface area (Å²) < 4.78 is 11.2. The molecule has 1 saturated heterocycles.